The van der Waals surface area contributed by atoms with Crippen LogP contribution < -0.4 is 5.32 Å². The Kier molecular flexibility index (Phi) is 4.47. The van der Waals surface area contributed by atoms with Crippen LogP contribution in [0.15, 0.2) is 16.8 Å². The van der Waals surface area contributed by atoms with E-state index in [0.717, 1.165) is 26.2 Å². The molecule has 0 spiro atoms. The van der Waals surface area contributed by atoms with Crippen LogP contribution in [0.25, 0.3) is 0 Å². The summed E-state index contributed by atoms with van der Waals surface area (Å²) in [6.07, 6.45) is 0.338. The van der Waals surface area contributed by atoms with Crippen molar-refractivity contribution in [3.8, 4) is 0 Å². The van der Waals surface area contributed by atoms with E-state index in [9.17, 15) is 4.79 Å². The molecule has 6 heteroatoms. The number of carbonyl (C=O) groups excluding carboxylic acids is 1. The van der Waals surface area contributed by atoms with Gasteiger partial charge in [0.25, 0.3) is 0 Å². The van der Waals surface area contributed by atoms with E-state index in [0.29, 0.717) is 24.5 Å². The third-order valence-corrected chi connectivity index (χ3v) is 5.15. The molecule has 1 aromatic heterocycles. The minimum Gasteiger partial charge on any atom is -0.376 e. The van der Waals surface area contributed by atoms with E-state index in [2.05, 4.69) is 27.0 Å². The van der Waals surface area contributed by atoms with Crippen LogP contribution in [0, 0.1) is 11.8 Å². The predicted molar refractivity (Wildman–Crippen MR) is 83.4 cm³/mol. The molecule has 2 aliphatic rings. The highest BCUT2D eigenvalue weighted by molar-refractivity contribution is 7.07. The smallest absolute Gasteiger partial charge is 0.316 e. The van der Waals surface area contributed by atoms with Gasteiger partial charge in [0.05, 0.1) is 12.7 Å². The molecular formula is C15H23N3O2S. The third kappa shape index (κ3) is 3.39. The van der Waals surface area contributed by atoms with Gasteiger partial charge in [0.15, 0.2) is 0 Å². The number of amides is 2. The highest BCUT2D eigenvalue weighted by Crippen LogP contribution is 2.34. The first-order chi connectivity index (χ1) is 10.1. The van der Waals surface area contributed by atoms with Gasteiger partial charge in [-0.25, -0.2) is 4.79 Å². The monoisotopic (exact) mass is 309 g/mol. The van der Waals surface area contributed by atoms with Crippen molar-refractivity contribution >= 4 is 17.4 Å². The van der Waals surface area contributed by atoms with Gasteiger partial charge in [-0.2, -0.15) is 11.3 Å². The fraction of sp³-hybridized carbons (Fsp3) is 0.667. The van der Waals surface area contributed by atoms with Crippen molar-refractivity contribution in [3.05, 3.63) is 22.4 Å². The maximum absolute atomic E-state index is 11.6. The maximum atomic E-state index is 11.6. The number of hydrogen-bond acceptors (Lipinski definition) is 4. The molecule has 2 fully saturated rings. The third-order valence-electron chi connectivity index (χ3n) is 4.42. The molecule has 0 radical (unpaired) electrons. The van der Waals surface area contributed by atoms with Gasteiger partial charge < -0.3 is 15.0 Å². The number of fused-ring (bicyclic) bond motifs is 1. The Bertz CT molecular complexity index is 477. The van der Waals surface area contributed by atoms with Crippen LogP contribution in [0.5, 0.6) is 0 Å². The lowest BCUT2D eigenvalue weighted by atomic mass is 9.93. The Hall–Kier alpha value is -1.11. The highest BCUT2D eigenvalue weighted by Gasteiger charge is 2.43. The zero-order valence-corrected chi connectivity index (χ0v) is 13.4. The first kappa shape index (κ1) is 14.8. The molecule has 3 atom stereocenters. The SMILES string of the molecule is CN(C)C(=O)NC[C@@H]1CO[C@H]2CN(Cc3ccsc3)C[C@@H]12. The summed E-state index contributed by atoms with van der Waals surface area (Å²) in [4.78, 5) is 15.7. The van der Waals surface area contributed by atoms with E-state index in [-0.39, 0.29) is 6.03 Å². The van der Waals surface area contributed by atoms with Crippen LogP contribution in [-0.2, 0) is 11.3 Å². The van der Waals surface area contributed by atoms with Gasteiger partial charge in [0, 0.05) is 52.1 Å². The van der Waals surface area contributed by atoms with E-state index in [1.807, 2.05) is 0 Å². The van der Waals surface area contributed by atoms with Crippen LogP contribution in [0.2, 0.25) is 0 Å². The molecule has 5 nitrogen and oxygen atoms in total. The van der Waals surface area contributed by atoms with Crippen molar-refractivity contribution in [2.45, 2.75) is 12.6 Å². The van der Waals surface area contributed by atoms with E-state index in [1.54, 1.807) is 30.3 Å². The van der Waals surface area contributed by atoms with E-state index >= 15 is 0 Å². The van der Waals surface area contributed by atoms with Gasteiger partial charge in [-0.1, -0.05) is 0 Å². The Labute approximate surface area is 129 Å². The minimum atomic E-state index is -0.0217. The molecule has 0 unspecified atom stereocenters. The fourth-order valence-corrected chi connectivity index (χ4v) is 3.90. The number of likely N-dealkylation sites (tertiary alicyclic amines) is 1. The molecule has 1 aromatic rings. The lowest BCUT2D eigenvalue weighted by molar-refractivity contribution is 0.0940. The second kappa shape index (κ2) is 6.34. The maximum Gasteiger partial charge on any atom is 0.316 e. The van der Waals surface area contributed by atoms with E-state index in [4.69, 9.17) is 4.74 Å². The number of rotatable bonds is 4. The van der Waals surface area contributed by atoms with Gasteiger partial charge in [-0.05, 0) is 22.4 Å². The first-order valence-corrected chi connectivity index (χ1v) is 8.38. The van der Waals surface area contributed by atoms with Crippen LogP contribution in [0.1, 0.15) is 5.56 Å². The number of thiophene rings is 1. The Morgan fingerprint density at radius 1 is 1.52 bits per heavy atom. The lowest BCUT2D eigenvalue weighted by Crippen LogP contribution is -2.39. The number of hydrogen-bond donors (Lipinski definition) is 1. The van der Waals surface area contributed by atoms with Gasteiger partial charge in [0.1, 0.15) is 0 Å². The van der Waals surface area contributed by atoms with Gasteiger partial charge >= 0.3 is 6.03 Å². The summed E-state index contributed by atoms with van der Waals surface area (Å²) < 4.78 is 5.93. The number of nitrogens with one attached hydrogen (secondary N) is 1. The average molecular weight is 309 g/mol. The standard InChI is InChI=1S/C15H23N3O2S/c1-17(2)15(19)16-5-12-9-20-14-8-18(7-13(12)14)6-11-3-4-21-10-11/h3-4,10,12-14H,5-9H2,1-2H3,(H,16,19)/t12-,13+,14+/m1/s1. The van der Waals surface area contributed by atoms with Gasteiger partial charge in [-0.3, -0.25) is 4.90 Å². The normalized spacial score (nSPS) is 28.6. The molecule has 2 saturated heterocycles. The summed E-state index contributed by atoms with van der Waals surface area (Å²) in [6, 6.07) is 2.17. The molecule has 0 saturated carbocycles. The molecule has 0 bridgehead atoms. The molecule has 2 amide bonds. The Morgan fingerprint density at radius 2 is 2.38 bits per heavy atom. The van der Waals surface area contributed by atoms with Crippen LogP contribution in [0.4, 0.5) is 4.79 Å². The second-order valence-electron chi connectivity index (χ2n) is 6.20. The van der Waals surface area contributed by atoms with E-state index in [1.165, 1.54) is 5.56 Å². The summed E-state index contributed by atoms with van der Waals surface area (Å²) in [5.74, 6) is 0.984. The summed E-state index contributed by atoms with van der Waals surface area (Å²) in [6.45, 7) is 4.58. The van der Waals surface area contributed by atoms with Crippen molar-refractivity contribution < 1.29 is 9.53 Å². The van der Waals surface area contributed by atoms with Crippen molar-refractivity contribution in [2.24, 2.45) is 11.8 Å². The first-order valence-electron chi connectivity index (χ1n) is 7.43. The van der Waals surface area contributed by atoms with Crippen molar-refractivity contribution in [1.82, 2.24) is 15.1 Å². The summed E-state index contributed by atoms with van der Waals surface area (Å²) >= 11 is 1.75. The zero-order valence-electron chi connectivity index (χ0n) is 12.6. The van der Waals surface area contributed by atoms with E-state index < -0.39 is 0 Å². The quantitative estimate of drug-likeness (QED) is 0.916. The van der Waals surface area contributed by atoms with Crippen molar-refractivity contribution in [1.29, 1.82) is 0 Å². The van der Waals surface area contributed by atoms with Crippen LogP contribution in [0.3, 0.4) is 0 Å². The molecule has 3 heterocycles. The molecule has 1 N–H and O–H groups in total. The van der Waals surface area contributed by atoms with Crippen LogP contribution in [-0.4, -0.2) is 62.3 Å². The molecule has 0 aliphatic carbocycles. The summed E-state index contributed by atoms with van der Waals surface area (Å²) in [5, 5.41) is 7.33. The zero-order chi connectivity index (χ0) is 14.8. The van der Waals surface area contributed by atoms with Gasteiger partial charge in [-0.15, -0.1) is 0 Å². The molecule has 0 aromatic carbocycles. The predicted octanol–water partition coefficient (Wildman–Crippen LogP) is 1.47. The summed E-state index contributed by atoms with van der Waals surface area (Å²) in [5.41, 5.74) is 1.39. The van der Waals surface area contributed by atoms with Crippen LogP contribution >= 0.6 is 11.3 Å². The lowest BCUT2D eigenvalue weighted by Gasteiger charge is -2.20. The Balaban J connectivity index is 1.50. The van der Waals surface area contributed by atoms with Crippen molar-refractivity contribution in [3.63, 3.8) is 0 Å². The second-order valence-corrected chi connectivity index (χ2v) is 6.98. The topological polar surface area (TPSA) is 44.8 Å². The number of carbonyl (C=O) groups is 1. The number of urea groups is 1. The van der Waals surface area contributed by atoms with Crippen molar-refractivity contribution in [2.75, 3.05) is 40.3 Å². The molecule has 2 aliphatic heterocycles. The largest absolute Gasteiger partial charge is 0.376 e. The fourth-order valence-electron chi connectivity index (χ4n) is 3.24. The highest BCUT2D eigenvalue weighted by atomic mass is 32.1. The Morgan fingerprint density at radius 3 is 3.10 bits per heavy atom. The summed E-state index contributed by atoms with van der Waals surface area (Å²) in [7, 11) is 3.53. The molecule has 116 valence electrons. The molecular weight excluding hydrogens is 286 g/mol. The number of ether oxygens (including phenoxy) is 1. The number of nitrogens with zero attached hydrogens (tertiary/aromatic N) is 2. The van der Waals surface area contributed by atoms with Gasteiger partial charge in [0.2, 0.25) is 0 Å². The average Bonchev–Trinajstić information content (AvgIpc) is 3.14. The molecule has 3 rings (SSSR count). The molecule has 21 heavy (non-hydrogen) atoms. The minimum absolute atomic E-state index is 0.0217.